The molecule has 0 radical (unpaired) electrons. The molecule has 39 heavy (non-hydrogen) atoms. The number of hydrogen-bond acceptors (Lipinski definition) is 4. The molecule has 1 heterocycles. The van der Waals surface area contributed by atoms with Gasteiger partial charge in [0.05, 0.1) is 13.0 Å². The summed E-state index contributed by atoms with van der Waals surface area (Å²) in [4.78, 5) is 28.4. The molecule has 3 saturated carbocycles. The molecule has 2 aromatic carbocycles. The minimum absolute atomic E-state index is 0.0916. The summed E-state index contributed by atoms with van der Waals surface area (Å²) in [5, 5.41) is 1.66. The number of piperidine rings is 1. The van der Waals surface area contributed by atoms with Crippen molar-refractivity contribution in [3.8, 4) is 0 Å². The number of nitrogens with zero attached hydrogens (tertiary/aromatic N) is 1. The summed E-state index contributed by atoms with van der Waals surface area (Å²) in [5.74, 6) is 0.916. The van der Waals surface area contributed by atoms with E-state index < -0.39 is 13.1 Å². The Kier molecular flexibility index (Phi) is 6.61. The Morgan fingerprint density at radius 1 is 0.897 bits per heavy atom. The summed E-state index contributed by atoms with van der Waals surface area (Å²) >= 11 is 0. The van der Waals surface area contributed by atoms with E-state index in [9.17, 15) is 9.59 Å². The highest BCUT2D eigenvalue weighted by atomic mass is 31.2. The third kappa shape index (κ3) is 3.82. The molecular weight excluding hydrogens is 505 g/mol. The van der Waals surface area contributed by atoms with Crippen molar-refractivity contribution in [2.75, 3.05) is 14.2 Å². The molecule has 1 aliphatic heterocycles. The van der Waals surface area contributed by atoms with E-state index in [0.717, 1.165) is 49.1 Å². The molecule has 6 heteroatoms. The first-order valence-electron chi connectivity index (χ1n) is 14.7. The van der Waals surface area contributed by atoms with Gasteiger partial charge in [-0.2, -0.15) is 0 Å². The van der Waals surface area contributed by atoms with Crippen LogP contribution in [-0.2, 0) is 18.9 Å². The predicted octanol–water partition coefficient (Wildman–Crippen LogP) is 5.63. The van der Waals surface area contributed by atoms with Gasteiger partial charge in [-0.3, -0.25) is 9.59 Å². The van der Waals surface area contributed by atoms with Gasteiger partial charge in [0.15, 0.2) is 0 Å². The number of hydrogen-bond donors (Lipinski definition) is 0. The van der Waals surface area contributed by atoms with Crippen molar-refractivity contribution < 1.29 is 18.9 Å². The second kappa shape index (κ2) is 9.61. The first-order chi connectivity index (χ1) is 18.7. The van der Waals surface area contributed by atoms with Crippen LogP contribution in [0.4, 0.5) is 0 Å². The maximum Gasteiger partial charge on any atom is 0.310 e. The van der Waals surface area contributed by atoms with E-state index in [2.05, 4.69) is 13.8 Å². The minimum atomic E-state index is -3.18. The smallest absolute Gasteiger partial charge is 0.310 e. The lowest BCUT2D eigenvalue weighted by Gasteiger charge is -2.61. The molecule has 4 aliphatic rings. The first kappa shape index (κ1) is 26.8. The van der Waals surface area contributed by atoms with Crippen LogP contribution in [0.2, 0.25) is 0 Å². The van der Waals surface area contributed by atoms with Crippen LogP contribution in [0.25, 0.3) is 0 Å². The first-order valence-corrected chi connectivity index (χ1v) is 16.5. The van der Waals surface area contributed by atoms with Crippen LogP contribution in [0.1, 0.15) is 58.8 Å². The van der Waals surface area contributed by atoms with Gasteiger partial charge in [-0.15, -0.1) is 0 Å². The molecule has 0 N–H and O–H groups in total. The van der Waals surface area contributed by atoms with Gasteiger partial charge >= 0.3 is 5.97 Å². The largest absolute Gasteiger partial charge is 0.469 e. The van der Waals surface area contributed by atoms with Crippen molar-refractivity contribution in [2.24, 2.45) is 34.5 Å². The van der Waals surface area contributed by atoms with Gasteiger partial charge < -0.3 is 14.2 Å². The van der Waals surface area contributed by atoms with Crippen LogP contribution >= 0.6 is 7.14 Å². The van der Waals surface area contributed by atoms with Crippen molar-refractivity contribution in [1.82, 2.24) is 4.90 Å². The zero-order valence-corrected chi connectivity index (χ0v) is 24.6. The summed E-state index contributed by atoms with van der Waals surface area (Å²) in [6.45, 7) is 4.71. The number of amides is 1. The van der Waals surface area contributed by atoms with Crippen LogP contribution < -0.4 is 10.6 Å². The number of fused-ring (bicyclic) bond motifs is 5. The lowest BCUT2D eigenvalue weighted by atomic mass is 9.47. The molecule has 1 saturated heterocycles. The van der Waals surface area contributed by atoms with E-state index in [1.54, 1.807) is 0 Å². The highest BCUT2D eigenvalue weighted by Gasteiger charge is 2.67. The highest BCUT2D eigenvalue weighted by Crippen LogP contribution is 2.71. The average molecular weight is 548 g/mol. The van der Waals surface area contributed by atoms with Crippen molar-refractivity contribution >= 4 is 29.6 Å². The second-order valence-electron chi connectivity index (χ2n) is 13.2. The maximum atomic E-state index is 15.6. The SMILES string of the molecule is COC(=O)[C@H]1[C@H](P(=O)(c2ccccc2)c2ccccc2)C[C@H]2[C@@H]3CC[C@H]4N(C)C(=O)CC[C@]4(C)[C@H]3CC[C@@]21C. The number of likely N-dealkylation sites (tertiary alicyclic amines) is 1. The lowest BCUT2D eigenvalue weighted by molar-refractivity contribution is -0.164. The van der Waals surface area contributed by atoms with Crippen LogP contribution in [0.5, 0.6) is 0 Å². The van der Waals surface area contributed by atoms with Gasteiger partial charge in [-0.1, -0.05) is 74.5 Å². The Labute approximate surface area is 233 Å². The Bertz CT molecular complexity index is 1250. The normalized spacial score (nSPS) is 37.9. The number of methoxy groups -OCH3 is 1. The summed E-state index contributed by atoms with van der Waals surface area (Å²) in [7, 11) is 0.302. The molecule has 5 nitrogen and oxygen atoms in total. The molecule has 208 valence electrons. The molecule has 0 aromatic heterocycles. The summed E-state index contributed by atoms with van der Waals surface area (Å²) < 4.78 is 21.1. The van der Waals surface area contributed by atoms with Crippen LogP contribution in [0.15, 0.2) is 60.7 Å². The fourth-order valence-electron chi connectivity index (χ4n) is 9.91. The highest BCUT2D eigenvalue weighted by molar-refractivity contribution is 7.79. The van der Waals surface area contributed by atoms with Gasteiger partial charge in [0, 0.05) is 35.8 Å². The van der Waals surface area contributed by atoms with E-state index in [-0.39, 0.29) is 34.4 Å². The fraction of sp³-hybridized carbons (Fsp3) is 0.576. The zero-order valence-electron chi connectivity index (χ0n) is 23.7. The summed E-state index contributed by atoms with van der Waals surface area (Å²) in [6.07, 6.45) is 6.39. The average Bonchev–Trinajstić information content (AvgIpc) is 3.29. The number of ether oxygens (including phenoxy) is 1. The monoisotopic (exact) mass is 547 g/mol. The van der Waals surface area contributed by atoms with Crippen molar-refractivity contribution in [3.63, 3.8) is 0 Å². The maximum absolute atomic E-state index is 15.6. The number of rotatable bonds is 4. The molecule has 1 amide bonds. The van der Waals surface area contributed by atoms with Gasteiger partial charge in [-0.05, 0) is 67.1 Å². The topological polar surface area (TPSA) is 63.7 Å². The van der Waals surface area contributed by atoms with Gasteiger partial charge in [-0.25, -0.2) is 0 Å². The van der Waals surface area contributed by atoms with E-state index in [1.807, 2.05) is 72.6 Å². The Morgan fingerprint density at radius 3 is 2.10 bits per heavy atom. The molecule has 6 rings (SSSR count). The number of carbonyl (C=O) groups is 2. The molecular formula is C33H42NO4P. The fourth-order valence-corrected chi connectivity index (χ4v) is 13.6. The van der Waals surface area contributed by atoms with Crippen molar-refractivity contribution in [2.45, 2.75) is 70.5 Å². The second-order valence-corrected chi connectivity index (χ2v) is 16.2. The Hall–Kier alpha value is -2.39. The lowest BCUT2D eigenvalue weighted by Crippen LogP contribution is -2.61. The van der Waals surface area contributed by atoms with Gasteiger partial charge in [0.2, 0.25) is 5.91 Å². The number of benzene rings is 2. The Morgan fingerprint density at radius 2 is 1.51 bits per heavy atom. The summed E-state index contributed by atoms with van der Waals surface area (Å²) in [5.41, 5.74) is -0.476. The number of esters is 1. The predicted molar refractivity (Wildman–Crippen MR) is 155 cm³/mol. The quantitative estimate of drug-likeness (QED) is 0.368. The molecule has 0 unspecified atom stereocenters. The van der Waals surface area contributed by atoms with E-state index >= 15 is 4.57 Å². The van der Waals surface area contributed by atoms with Crippen molar-refractivity contribution in [1.29, 1.82) is 0 Å². The number of carbonyl (C=O) groups excluding carboxylic acids is 2. The van der Waals surface area contributed by atoms with Crippen molar-refractivity contribution in [3.05, 3.63) is 60.7 Å². The third-order valence-corrected chi connectivity index (χ3v) is 15.4. The Balaban J connectivity index is 1.45. The van der Waals surface area contributed by atoms with Crippen LogP contribution in [-0.4, -0.2) is 42.6 Å². The third-order valence-electron chi connectivity index (χ3n) is 11.8. The van der Waals surface area contributed by atoms with E-state index in [1.165, 1.54) is 7.11 Å². The minimum Gasteiger partial charge on any atom is -0.469 e. The van der Waals surface area contributed by atoms with E-state index in [4.69, 9.17) is 4.74 Å². The molecule has 8 atom stereocenters. The zero-order chi connectivity index (χ0) is 27.6. The van der Waals surface area contributed by atoms with Gasteiger partial charge in [0.1, 0.15) is 7.14 Å². The van der Waals surface area contributed by atoms with E-state index in [0.29, 0.717) is 24.2 Å². The molecule has 2 aromatic rings. The molecule has 0 spiro atoms. The van der Waals surface area contributed by atoms with Gasteiger partial charge in [0.25, 0.3) is 0 Å². The molecule has 4 fully saturated rings. The molecule has 0 bridgehead atoms. The summed E-state index contributed by atoms with van der Waals surface area (Å²) in [6, 6.07) is 20.0. The molecule has 3 aliphatic carbocycles. The standard InChI is InChI=1S/C33H42NO4P/c1-32-20-18-29(35)34(3)28(32)16-15-24-25(32)17-19-33(2)26(24)21-27(30(33)31(36)38-4)39(37,22-11-7-5-8-12-22)23-13-9-6-10-14-23/h5-14,24-28,30H,15-21H2,1-4H3/t24-,25+,26+,27-,28-,30-,32-,33+/m1/s1. The van der Waals surface area contributed by atoms with Crippen LogP contribution in [0.3, 0.4) is 0 Å². The van der Waals surface area contributed by atoms with Crippen LogP contribution in [0, 0.1) is 34.5 Å².